The van der Waals surface area contributed by atoms with Crippen molar-refractivity contribution in [1.29, 1.82) is 0 Å². The SMILES string of the molecule is Cc1ccccc1N1CCCOCC1. The van der Waals surface area contributed by atoms with Crippen molar-refractivity contribution in [2.24, 2.45) is 0 Å². The van der Waals surface area contributed by atoms with Crippen molar-refractivity contribution in [3.05, 3.63) is 29.8 Å². The van der Waals surface area contributed by atoms with Gasteiger partial charge in [-0.05, 0) is 25.0 Å². The summed E-state index contributed by atoms with van der Waals surface area (Å²) in [5.74, 6) is 0. The Kier molecular flexibility index (Phi) is 3.04. The van der Waals surface area contributed by atoms with Crippen LogP contribution in [0.3, 0.4) is 0 Å². The molecule has 0 aromatic heterocycles. The van der Waals surface area contributed by atoms with Crippen LogP contribution in [0, 0.1) is 6.92 Å². The third-order valence-corrected chi connectivity index (χ3v) is 2.68. The molecule has 0 bridgehead atoms. The highest BCUT2D eigenvalue weighted by Gasteiger charge is 2.10. The van der Waals surface area contributed by atoms with Crippen molar-refractivity contribution in [3.8, 4) is 0 Å². The van der Waals surface area contributed by atoms with Crippen LogP contribution in [0.2, 0.25) is 0 Å². The first kappa shape index (κ1) is 9.53. The molecule has 2 heteroatoms. The van der Waals surface area contributed by atoms with Crippen LogP contribution in [-0.2, 0) is 4.74 Å². The maximum atomic E-state index is 5.44. The molecule has 76 valence electrons. The summed E-state index contributed by atoms with van der Waals surface area (Å²) < 4.78 is 5.44. The second-order valence-electron chi connectivity index (χ2n) is 3.74. The maximum absolute atomic E-state index is 5.44. The van der Waals surface area contributed by atoms with E-state index in [2.05, 4.69) is 36.1 Å². The molecule has 0 spiro atoms. The van der Waals surface area contributed by atoms with Crippen molar-refractivity contribution in [3.63, 3.8) is 0 Å². The largest absolute Gasteiger partial charge is 0.380 e. The molecule has 1 fully saturated rings. The van der Waals surface area contributed by atoms with Gasteiger partial charge < -0.3 is 9.64 Å². The van der Waals surface area contributed by atoms with E-state index in [0.717, 1.165) is 32.7 Å². The van der Waals surface area contributed by atoms with Gasteiger partial charge in [-0.2, -0.15) is 0 Å². The second-order valence-corrected chi connectivity index (χ2v) is 3.74. The molecule has 0 unspecified atom stereocenters. The molecular formula is C12H17NO. The number of aryl methyl sites for hydroxylation is 1. The fourth-order valence-corrected chi connectivity index (χ4v) is 1.91. The van der Waals surface area contributed by atoms with Crippen molar-refractivity contribution in [2.45, 2.75) is 13.3 Å². The Morgan fingerprint density at radius 2 is 2.00 bits per heavy atom. The third kappa shape index (κ3) is 2.07. The van der Waals surface area contributed by atoms with Crippen molar-refractivity contribution in [1.82, 2.24) is 0 Å². The van der Waals surface area contributed by atoms with Gasteiger partial charge in [-0.15, -0.1) is 0 Å². The van der Waals surface area contributed by atoms with Gasteiger partial charge in [0.05, 0.1) is 6.61 Å². The van der Waals surface area contributed by atoms with Gasteiger partial charge in [0.25, 0.3) is 0 Å². The number of ether oxygens (including phenoxy) is 1. The molecule has 1 saturated heterocycles. The second kappa shape index (κ2) is 4.47. The van der Waals surface area contributed by atoms with Gasteiger partial charge >= 0.3 is 0 Å². The van der Waals surface area contributed by atoms with Gasteiger partial charge in [-0.3, -0.25) is 0 Å². The molecule has 1 aliphatic rings. The Hall–Kier alpha value is -1.02. The van der Waals surface area contributed by atoms with E-state index < -0.39 is 0 Å². The minimum atomic E-state index is 0.855. The van der Waals surface area contributed by atoms with Crippen molar-refractivity contribution in [2.75, 3.05) is 31.2 Å². The van der Waals surface area contributed by atoms with Crippen molar-refractivity contribution < 1.29 is 4.74 Å². The number of hydrogen-bond donors (Lipinski definition) is 0. The van der Waals surface area contributed by atoms with Gasteiger partial charge in [-0.1, -0.05) is 18.2 Å². The lowest BCUT2D eigenvalue weighted by Gasteiger charge is -2.23. The van der Waals surface area contributed by atoms with Crippen LogP contribution in [0.4, 0.5) is 5.69 Å². The Balaban J connectivity index is 2.16. The molecule has 1 aromatic carbocycles. The summed E-state index contributed by atoms with van der Waals surface area (Å²) in [6.07, 6.45) is 1.13. The summed E-state index contributed by atoms with van der Waals surface area (Å²) in [6.45, 7) is 6.06. The predicted octanol–water partition coefficient (Wildman–Crippen LogP) is 2.22. The smallest absolute Gasteiger partial charge is 0.0641 e. The number of rotatable bonds is 1. The van der Waals surface area contributed by atoms with E-state index in [-0.39, 0.29) is 0 Å². The summed E-state index contributed by atoms with van der Waals surface area (Å²) >= 11 is 0. The molecule has 0 amide bonds. The first-order valence-corrected chi connectivity index (χ1v) is 5.26. The van der Waals surface area contributed by atoms with Gasteiger partial charge in [-0.25, -0.2) is 0 Å². The van der Waals surface area contributed by atoms with Crippen LogP contribution in [0.1, 0.15) is 12.0 Å². The molecule has 0 atom stereocenters. The zero-order chi connectivity index (χ0) is 9.80. The Morgan fingerprint density at radius 1 is 1.14 bits per heavy atom. The van der Waals surface area contributed by atoms with Crippen LogP contribution >= 0.6 is 0 Å². The van der Waals surface area contributed by atoms with Gasteiger partial charge in [0.15, 0.2) is 0 Å². The molecule has 1 aromatic rings. The minimum Gasteiger partial charge on any atom is -0.380 e. The van der Waals surface area contributed by atoms with E-state index in [1.807, 2.05) is 0 Å². The number of anilines is 1. The lowest BCUT2D eigenvalue weighted by molar-refractivity contribution is 0.152. The molecular weight excluding hydrogens is 174 g/mol. The molecule has 0 saturated carbocycles. The van der Waals surface area contributed by atoms with Crippen LogP contribution in [0.25, 0.3) is 0 Å². The van der Waals surface area contributed by atoms with Gasteiger partial charge in [0.2, 0.25) is 0 Å². The normalized spacial score (nSPS) is 17.9. The molecule has 1 heterocycles. The van der Waals surface area contributed by atoms with E-state index in [1.54, 1.807) is 0 Å². The third-order valence-electron chi connectivity index (χ3n) is 2.68. The highest BCUT2D eigenvalue weighted by molar-refractivity contribution is 5.52. The van der Waals surface area contributed by atoms with Crippen LogP contribution < -0.4 is 4.90 Å². The van der Waals surface area contributed by atoms with E-state index in [4.69, 9.17) is 4.74 Å². The zero-order valence-electron chi connectivity index (χ0n) is 8.70. The van der Waals surface area contributed by atoms with Gasteiger partial charge in [0, 0.05) is 25.4 Å². The van der Waals surface area contributed by atoms with Crippen LogP contribution in [0.15, 0.2) is 24.3 Å². The maximum Gasteiger partial charge on any atom is 0.0641 e. The fourth-order valence-electron chi connectivity index (χ4n) is 1.91. The van der Waals surface area contributed by atoms with Crippen LogP contribution in [-0.4, -0.2) is 26.3 Å². The van der Waals surface area contributed by atoms with E-state index >= 15 is 0 Å². The summed E-state index contributed by atoms with van der Waals surface area (Å²) in [5, 5.41) is 0. The molecule has 0 radical (unpaired) electrons. The summed E-state index contributed by atoms with van der Waals surface area (Å²) in [7, 11) is 0. The summed E-state index contributed by atoms with van der Waals surface area (Å²) in [5.41, 5.74) is 2.72. The first-order valence-electron chi connectivity index (χ1n) is 5.26. The Bertz CT molecular complexity index is 290. The quantitative estimate of drug-likeness (QED) is 0.675. The first-order chi connectivity index (χ1) is 6.88. The summed E-state index contributed by atoms with van der Waals surface area (Å²) in [6, 6.07) is 8.56. The van der Waals surface area contributed by atoms with Crippen molar-refractivity contribution >= 4 is 5.69 Å². The molecule has 14 heavy (non-hydrogen) atoms. The monoisotopic (exact) mass is 191 g/mol. The fraction of sp³-hybridized carbons (Fsp3) is 0.500. The molecule has 0 aliphatic carbocycles. The van der Waals surface area contributed by atoms with Crippen LogP contribution in [0.5, 0.6) is 0 Å². The van der Waals surface area contributed by atoms with Gasteiger partial charge in [0.1, 0.15) is 0 Å². The van der Waals surface area contributed by atoms with E-state index in [9.17, 15) is 0 Å². The van der Waals surface area contributed by atoms with E-state index in [1.165, 1.54) is 11.3 Å². The summed E-state index contributed by atoms with van der Waals surface area (Å²) in [4.78, 5) is 2.42. The topological polar surface area (TPSA) is 12.5 Å². The molecule has 2 rings (SSSR count). The standard InChI is InChI=1S/C12H17NO/c1-11-5-2-3-6-12(11)13-7-4-9-14-10-8-13/h2-3,5-6H,4,7-10H2,1H3. The average Bonchev–Trinajstić information content (AvgIpc) is 2.47. The highest BCUT2D eigenvalue weighted by Crippen LogP contribution is 2.20. The highest BCUT2D eigenvalue weighted by atomic mass is 16.5. The van der Waals surface area contributed by atoms with E-state index in [0.29, 0.717) is 0 Å². The number of hydrogen-bond acceptors (Lipinski definition) is 2. The number of nitrogens with zero attached hydrogens (tertiary/aromatic N) is 1. The Labute approximate surface area is 85.5 Å². The predicted molar refractivity (Wildman–Crippen MR) is 58.8 cm³/mol. The Morgan fingerprint density at radius 3 is 2.86 bits per heavy atom. The molecule has 2 nitrogen and oxygen atoms in total. The number of para-hydroxylation sites is 1. The number of benzene rings is 1. The molecule has 1 aliphatic heterocycles. The lowest BCUT2D eigenvalue weighted by atomic mass is 10.2. The molecule has 0 N–H and O–H groups in total. The average molecular weight is 191 g/mol. The minimum absolute atomic E-state index is 0.855. The lowest BCUT2D eigenvalue weighted by Crippen LogP contribution is -2.26. The zero-order valence-corrected chi connectivity index (χ0v) is 8.70.